The fraction of sp³-hybridized carbons (Fsp3) is 0.667. The highest BCUT2D eigenvalue weighted by Crippen LogP contribution is 2.49. The molecule has 1 aliphatic carbocycles. The van der Waals surface area contributed by atoms with Crippen LogP contribution in [0.2, 0.25) is 0 Å². The zero-order valence-corrected chi connectivity index (χ0v) is 10.2. The Morgan fingerprint density at radius 3 is 2.50 bits per heavy atom. The van der Waals surface area contributed by atoms with Crippen LogP contribution >= 0.6 is 0 Å². The van der Waals surface area contributed by atoms with E-state index in [9.17, 15) is 4.79 Å². The van der Waals surface area contributed by atoms with Crippen LogP contribution in [0, 0.1) is 0 Å². The van der Waals surface area contributed by atoms with Crippen molar-refractivity contribution >= 4 is 6.08 Å². The maximum absolute atomic E-state index is 10.4. The minimum Gasteiger partial charge on any atom is -0.270 e. The quantitative estimate of drug-likeness (QED) is 0.564. The van der Waals surface area contributed by atoms with Gasteiger partial charge in [-0.3, -0.25) is 4.68 Å². The summed E-state index contributed by atoms with van der Waals surface area (Å²) in [6, 6.07) is 2.06. The molecule has 86 valence electrons. The van der Waals surface area contributed by atoms with Crippen molar-refractivity contribution in [2.24, 2.45) is 12.0 Å². The average molecular weight is 219 g/mol. The molecule has 1 aromatic rings. The van der Waals surface area contributed by atoms with Gasteiger partial charge in [0.05, 0.1) is 11.4 Å². The lowest BCUT2D eigenvalue weighted by atomic mass is 9.92. The van der Waals surface area contributed by atoms with E-state index in [1.54, 1.807) is 6.08 Å². The SMILES string of the molecule is Cn1nc(C(C)(C)C)cc1C1(N=C=O)CC1. The lowest BCUT2D eigenvalue weighted by Crippen LogP contribution is -2.12. The van der Waals surface area contributed by atoms with Gasteiger partial charge in [0, 0.05) is 12.5 Å². The lowest BCUT2D eigenvalue weighted by Gasteiger charge is -2.13. The number of carbonyl (C=O) groups excluding carboxylic acids is 1. The smallest absolute Gasteiger partial charge is 0.235 e. The summed E-state index contributed by atoms with van der Waals surface area (Å²) in [5.74, 6) is 0. The van der Waals surface area contributed by atoms with Crippen molar-refractivity contribution in [3.63, 3.8) is 0 Å². The second-order valence-electron chi connectivity index (χ2n) is 5.52. The van der Waals surface area contributed by atoms with E-state index in [1.807, 2.05) is 11.7 Å². The van der Waals surface area contributed by atoms with Gasteiger partial charge >= 0.3 is 0 Å². The third-order valence-corrected chi connectivity index (χ3v) is 3.11. The minimum atomic E-state index is -0.326. The molecule has 2 rings (SSSR count). The summed E-state index contributed by atoms with van der Waals surface area (Å²) in [7, 11) is 1.91. The predicted octanol–water partition coefficient (Wildman–Crippen LogP) is 2.04. The van der Waals surface area contributed by atoms with Crippen LogP contribution in [0.25, 0.3) is 0 Å². The van der Waals surface area contributed by atoms with E-state index < -0.39 is 0 Å². The van der Waals surface area contributed by atoms with Crippen LogP contribution in [0.5, 0.6) is 0 Å². The van der Waals surface area contributed by atoms with Crippen LogP contribution in [0.15, 0.2) is 11.1 Å². The van der Waals surface area contributed by atoms with Gasteiger partial charge in [0.25, 0.3) is 0 Å². The topological polar surface area (TPSA) is 47.2 Å². The van der Waals surface area contributed by atoms with E-state index in [0.29, 0.717) is 0 Å². The second-order valence-corrected chi connectivity index (χ2v) is 5.52. The Bertz CT molecular complexity index is 457. The standard InChI is InChI=1S/C12H17N3O/c1-11(2,3)9-7-10(15(4)14-9)12(5-6-12)13-8-16/h7H,5-6H2,1-4H3. The summed E-state index contributed by atoms with van der Waals surface area (Å²) >= 11 is 0. The largest absolute Gasteiger partial charge is 0.270 e. The highest BCUT2D eigenvalue weighted by Gasteiger charge is 2.47. The summed E-state index contributed by atoms with van der Waals surface area (Å²) in [4.78, 5) is 14.4. The molecule has 1 saturated carbocycles. The van der Waals surface area contributed by atoms with E-state index in [1.165, 1.54) is 0 Å². The summed E-state index contributed by atoms with van der Waals surface area (Å²) in [5, 5.41) is 4.50. The fourth-order valence-corrected chi connectivity index (χ4v) is 1.90. The first-order chi connectivity index (χ1) is 7.39. The number of hydrogen-bond acceptors (Lipinski definition) is 3. The van der Waals surface area contributed by atoms with Gasteiger partial charge in [0.1, 0.15) is 5.54 Å². The monoisotopic (exact) mass is 219 g/mol. The molecule has 0 bridgehead atoms. The summed E-state index contributed by atoms with van der Waals surface area (Å²) in [5.41, 5.74) is 1.77. The first kappa shape index (κ1) is 11.1. The molecule has 0 aliphatic heterocycles. The third kappa shape index (κ3) is 1.69. The molecule has 0 N–H and O–H groups in total. The van der Waals surface area contributed by atoms with Crippen LogP contribution in [-0.4, -0.2) is 15.9 Å². The number of aryl methyl sites for hydroxylation is 1. The van der Waals surface area contributed by atoms with Gasteiger partial charge in [-0.2, -0.15) is 10.1 Å². The summed E-state index contributed by atoms with van der Waals surface area (Å²) in [6.07, 6.45) is 3.52. The molecule has 0 amide bonds. The molecule has 0 saturated heterocycles. The zero-order chi connectivity index (χ0) is 12.0. The maximum atomic E-state index is 10.4. The van der Waals surface area contributed by atoms with Crippen molar-refractivity contribution in [2.75, 3.05) is 0 Å². The van der Waals surface area contributed by atoms with E-state index in [4.69, 9.17) is 0 Å². The molecule has 4 heteroatoms. The molecule has 1 aromatic heterocycles. The Morgan fingerprint density at radius 2 is 2.12 bits per heavy atom. The van der Waals surface area contributed by atoms with Crippen molar-refractivity contribution in [1.82, 2.24) is 9.78 Å². The van der Waals surface area contributed by atoms with Crippen molar-refractivity contribution in [1.29, 1.82) is 0 Å². The van der Waals surface area contributed by atoms with E-state index >= 15 is 0 Å². The number of aromatic nitrogens is 2. The number of isocyanates is 1. The number of nitrogens with zero attached hydrogens (tertiary/aromatic N) is 3. The van der Waals surface area contributed by atoms with E-state index in [2.05, 4.69) is 36.9 Å². The molecule has 0 atom stereocenters. The van der Waals surface area contributed by atoms with Crippen LogP contribution in [0.1, 0.15) is 45.0 Å². The molecule has 1 aliphatic rings. The molecular formula is C12H17N3O. The van der Waals surface area contributed by atoms with Crippen LogP contribution < -0.4 is 0 Å². The molecular weight excluding hydrogens is 202 g/mol. The molecule has 16 heavy (non-hydrogen) atoms. The first-order valence-corrected chi connectivity index (χ1v) is 5.53. The Kier molecular flexibility index (Phi) is 2.28. The summed E-state index contributed by atoms with van der Waals surface area (Å²) < 4.78 is 1.84. The van der Waals surface area contributed by atoms with Gasteiger partial charge in [0.2, 0.25) is 6.08 Å². The molecule has 1 heterocycles. The molecule has 4 nitrogen and oxygen atoms in total. The third-order valence-electron chi connectivity index (χ3n) is 3.11. The Balaban J connectivity index is 2.44. The first-order valence-electron chi connectivity index (χ1n) is 5.53. The molecule has 1 fully saturated rings. The fourth-order valence-electron chi connectivity index (χ4n) is 1.90. The van der Waals surface area contributed by atoms with Gasteiger partial charge in [0.15, 0.2) is 0 Å². The highest BCUT2D eigenvalue weighted by atomic mass is 16.1. The van der Waals surface area contributed by atoms with Gasteiger partial charge in [-0.25, -0.2) is 4.79 Å². The molecule has 0 spiro atoms. The molecule has 0 aromatic carbocycles. The van der Waals surface area contributed by atoms with E-state index in [0.717, 1.165) is 24.2 Å². The average Bonchev–Trinajstić information content (AvgIpc) is 2.81. The minimum absolute atomic E-state index is 0.0248. The Labute approximate surface area is 95.4 Å². The van der Waals surface area contributed by atoms with Crippen molar-refractivity contribution in [2.45, 2.75) is 44.6 Å². The Morgan fingerprint density at radius 1 is 1.50 bits per heavy atom. The predicted molar refractivity (Wildman–Crippen MR) is 60.9 cm³/mol. The van der Waals surface area contributed by atoms with Crippen LogP contribution in [-0.2, 0) is 22.8 Å². The van der Waals surface area contributed by atoms with Crippen LogP contribution in [0.3, 0.4) is 0 Å². The number of rotatable bonds is 2. The van der Waals surface area contributed by atoms with Crippen molar-refractivity contribution in [3.8, 4) is 0 Å². The highest BCUT2D eigenvalue weighted by molar-refractivity contribution is 5.40. The Hall–Kier alpha value is -1.41. The van der Waals surface area contributed by atoms with Crippen molar-refractivity contribution < 1.29 is 4.79 Å². The van der Waals surface area contributed by atoms with Gasteiger partial charge in [-0.1, -0.05) is 20.8 Å². The number of aliphatic imine (C=N–C) groups is 1. The normalized spacial score (nSPS) is 18.0. The zero-order valence-electron chi connectivity index (χ0n) is 10.2. The second kappa shape index (κ2) is 3.29. The van der Waals surface area contributed by atoms with E-state index in [-0.39, 0.29) is 11.0 Å². The summed E-state index contributed by atoms with van der Waals surface area (Å²) in [6.45, 7) is 6.38. The number of hydrogen-bond donors (Lipinski definition) is 0. The maximum Gasteiger partial charge on any atom is 0.235 e. The van der Waals surface area contributed by atoms with Gasteiger partial charge in [-0.05, 0) is 18.9 Å². The van der Waals surface area contributed by atoms with Crippen molar-refractivity contribution in [3.05, 3.63) is 17.5 Å². The van der Waals surface area contributed by atoms with Gasteiger partial charge in [-0.15, -0.1) is 0 Å². The molecule has 0 unspecified atom stereocenters. The van der Waals surface area contributed by atoms with Crippen LogP contribution in [0.4, 0.5) is 0 Å². The van der Waals surface area contributed by atoms with Gasteiger partial charge < -0.3 is 0 Å². The molecule has 0 radical (unpaired) electrons. The lowest BCUT2D eigenvalue weighted by molar-refractivity contribution is 0.540.